The summed E-state index contributed by atoms with van der Waals surface area (Å²) in [5.41, 5.74) is 5.06. The van der Waals surface area contributed by atoms with E-state index in [-0.39, 0.29) is 23.3 Å². The highest BCUT2D eigenvalue weighted by Gasteiger charge is 2.26. The van der Waals surface area contributed by atoms with E-state index in [9.17, 15) is 9.59 Å². The minimum absolute atomic E-state index is 0.110. The second-order valence-corrected chi connectivity index (χ2v) is 9.57. The Morgan fingerprint density at radius 1 is 1.00 bits per heavy atom. The number of hydroxylamine groups is 1. The highest BCUT2D eigenvalue weighted by molar-refractivity contribution is 5.94. The summed E-state index contributed by atoms with van der Waals surface area (Å²) in [6.07, 6.45) is 0. The van der Waals surface area contributed by atoms with Crippen molar-refractivity contribution in [1.29, 1.82) is 0 Å². The summed E-state index contributed by atoms with van der Waals surface area (Å²) in [4.78, 5) is 25.1. The molecule has 0 aliphatic carbocycles. The Morgan fingerprint density at radius 3 is 2.18 bits per heavy atom. The lowest BCUT2D eigenvalue weighted by Crippen LogP contribution is -2.33. The predicted octanol–water partition coefficient (Wildman–Crippen LogP) is 4.48. The van der Waals surface area contributed by atoms with Crippen LogP contribution in [-0.2, 0) is 12.0 Å². The Kier molecular flexibility index (Phi) is 7.33. The van der Waals surface area contributed by atoms with E-state index in [4.69, 9.17) is 10.3 Å². The number of hydrogen-bond acceptors (Lipinski definition) is 4. The molecule has 2 amide bonds. The summed E-state index contributed by atoms with van der Waals surface area (Å²) >= 11 is 0. The minimum atomic E-state index is -0.578. The maximum absolute atomic E-state index is 13.4. The van der Waals surface area contributed by atoms with Crippen molar-refractivity contribution in [3.05, 3.63) is 88.7 Å². The Bertz CT molecular complexity index is 1100. The molecule has 0 aliphatic heterocycles. The zero-order valence-electron chi connectivity index (χ0n) is 19.8. The zero-order valence-corrected chi connectivity index (χ0v) is 19.8. The number of rotatable bonds is 7. The monoisotopic (exact) mass is 448 g/mol. The summed E-state index contributed by atoms with van der Waals surface area (Å²) in [7, 11) is 0. The molecule has 0 radical (unpaired) electrons. The summed E-state index contributed by atoms with van der Waals surface area (Å²) in [5.74, 6) is -0.671. The molecule has 3 N–H and O–H groups in total. The quantitative estimate of drug-likeness (QED) is 0.367. The molecule has 0 spiro atoms. The number of nitrogens with zero attached hydrogens (tertiary/aromatic N) is 2. The van der Waals surface area contributed by atoms with Gasteiger partial charge in [0.2, 0.25) is 0 Å². The summed E-state index contributed by atoms with van der Waals surface area (Å²) in [6.45, 7) is 10.8. The number of amides is 2. The van der Waals surface area contributed by atoms with Gasteiger partial charge in [-0.05, 0) is 35.2 Å². The molecule has 1 atom stereocenters. The summed E-state index contributed by atoms with van der Waals surface area (Å²) in [6, 6.07) is 18.4. The van der Waals surface area contributed by atoms with Crippen molar-refractivity contribution in [3.63, 3.8) is 0 Å². The molecular formula is C26H32N4O3. The minimum Gasteiger partial charge on any atom is -0.344 e. The van der Waals surface area contributed by atoms with Crippen molar-refractivity contribution >= 4 is 11.8 Å². The van der Waals surface area contributed by atoms with E-state index in [1.54, 1.807) is 34.4 Å². The van der Waals surface area contributed by atoms with Gasteiger partial charge in [0.25, 0.3) is 11.8 Å². The van der Waals surface area contributed by atoms with E-state index in [0.29, 0.717) is 17.8 Å². The van der Waals surface area contributed by atoms with Crippen LogP contribution in [0, 0.1) is 5.92 Å². The SMILES string of the molecule is CC(C)C(NC(=O)c1cc(C(C)(C)C)nn1Cc1ccccc1)c1ccc(C(=O)NO)cc1. The number of carbonyl (C=O) groups is 2. The van der Waals surface area contributed by atoms with Crippen LogP contribution >= 0.6 is 0 Å². The van der Waals surface area contributed by atoms with E-state index in [1.807, 2.05) is 50.2 Å². The third-order valence-electron chi connectivity index (χ3n) is 5.54. The summed E-state index contributed by atoms with van der Waals surface area (Å²) < 4.78 is 1.76. The average Bonchev–Trinajstić information content (AvgIpc) is 3.22. The van der Waals surface area contributed by atoms with E-state index >= 15 is 0 Å². The molecule has 3 rings (SSSR count). The molecule has 0 saturated heterocycles. The van der Waals surface area contributed by atoms with E-state index in [1.165, 1.54) is 0 Å². The Hall–Kier alpha value is -3.45. The third kappa shape index (κ3) is 5.87. The van der Waals surface area contributed by atoms with Crippen LogP contribution in [0.15, 0.2) is 60.7 Å². The van der Waals surface area contributed by atoms with Crippen LogP contribution in [0.25, 0.3) is 0 Å². The molecule has 1 unspecified atom stereocenters. The molecule has 3 aromatic rings. The number of benzene rings is 2. The van der Waals surface area contributed by atoms with E-state index in [0.717, 1.165) is 16.8 Å². The fourth-order valence-electron chi connectivity index (χ4n) is 3.60. The van der Waals surface area contributed by atoms with Crippen LogP contribution in [0.1, 0.15) is 78.3 Å². The van der Waals surface area contributed by atoms with Crippen molar-refractivity contribution in [1.82, 2.24) is 20.6 Å². The van der Waals surface area contributed by atoms with Crippen LogP contribution in [0.3, 0.4) is 0 Å². The highest BCUT2D eigenvalue weighted by Crippen LogP contribution is 2.25. The van der Waals surface area contributed by atoms with Crippen LogP contribution in [0.4, 0.5) is 0 Å². The topological polar surface area (TPSA) is 96.2 Å². The number of carbonyl (C=O) groups excluding carboxylic acids is 2. The Balaban J connectivity index is 1.90. The van der Waals surface area contributed by atoms with Crippen molar-refractivity contribution in [3.8, 4) is 0 Å². The van der Waals surface area contributed by atoms with Gasteiger partial charge in [0.15, 0.2) is 0 Å². The van der Waals surface area contributed by atoms with Gasteiger partial charge in [0.1, 0.15) is 5.69 Å². The van der Waals surface area contributed by atoms with Gasteiger partial charge < -0.3 is 5.32 Å². The largest absolute Gasteiger partial charge is 0.344 e. The molecular weight excluding hydrogens is 416 g/mol. The first-order valence-corrected chi connectivity index (χ1v) is 11.1. The number of aromatic nitrogens is 2. The van der Waals surface area contributed by atoms with Crippen LogP contribution in [-0.4, -0.2) is 26.8 Å². The van der Waals surface area contributed by atoms with Crippen LogP contribution in [0.2, 0.25) is 0 Å². The molecule has 174 valence electrons. The van der Waals surface area contributed by atoms with Crippen molar-refractivity contribution in [2.24, 2.45) is 5.92 Å². The lowest BCUT2D eigenvalue weighted by atomic mass is 9.92. The molecule has 2 aromatic carbocycles. The molecule has 1 heterocycles. The average molecular weight is 449 g/mol. The molecule has 33 heavy (non-hydrogen) atoms. The predicted molar refractivity (Wildman–Crippen MR) is 127 cm³/mol. The van der Waals surface area contributed by atoms with Gasteiger partial charge in [-0.1, -0.05) is 77.1 Å². The van der Waals surface area contributed by atoms with Gasteiger partial charge in [0, 0.05) is 11.0 Å². The molecule has 7 nitrogen and oxygen atoms in total. The second kappa shape index (κ2) is 10.0. The standard InChI is InChI=1S/C26H32N4O3/c1-17(2)23(19-11-13-20(14-12-19)24(31)29-33)27-25(32)21-15-22(26(3,4)5)28-30(21)16-18-9-7-6-8-10-18/h6-15,17,23,33H,16H2,1-5H3,(H,27,32)(H,29,31). The molecule has 0 fully saturated rings. The number of nitrogens with one attached hydrogen (secondary N) is 2. The fourth-order valence-corrected chi connectivity index (χ4v) is 3.60. The summed E-state index contributed by atoms with van der Waals surface area (Å²) in [5, 5.41) is 16.7. The smallest absolute Gasteiger partial charge is 0.274 e. The van der Waals surface area contributed by atoms with Crippen molar-refractivity contribution < 1.29 is 14.8 Å². The molecule has 0 bridgehead atoms. The van der Waals surface area contributed by atoms with Crippen molar-refractivity contribution in [2.75, 3.05) is 0 Å². The van der Waals surface area contributed by atoms with Gasteiger partial charge in [-0.25, -0.2) is 5.48 Å². The first-order chi connectivity index (χ1) is 15.6. The molecule has 7 heteroatoms. The van der Waals surface area contributed by atoms with Gasteiger partial charge in [-0.3, -0.25) is 19.5 Å². The van der Waals surface area contributed by atoms with Gasteiger partial charge in [-0.2, -0.15) is 5.10 Å². The maximum Gasteiger partial charge on any atom is 0.274 e. The Labute approximate surface area is 194 Å². The van der Waals surface area contributed by atoms with Crippen LogP contribution in [0.5, 0.6) is 0 Å². The fraction of sp³-hybridized carbons (Fsp3) is 0.346. The highest BCUT2D eigenvalue weighted by atomic mass is 16.5. The van der Waals surface area contributed by atoms with Gasteiger partial charge >= 0.3 is 0 Å². The van der Waals surface area contributed by atoms with Crippen LogP contribution < -0.4 is 10.8 Å². The second-order valence-electron chi connectivity index (χ2n) is 9.57. The lowest BCUT2D eigenvalue weighted by molar-refractivity contribution is 0.0706. The van der Waals surface area contributed by atoms with Crippen molar-refractivity contribution in [2.45, 2.75) is 52.6 Å². The first kappa shape index (κ1) is 24.2. The normalized spacial score (nSPS) is 12.5. The molecule has 0 saturated carbocycles. The zero-order chi connectivity index (χ0) is 24.2. The molecule has 1 aromatic heterocycles. The molecule has 0 aliphatic rings. The maximum atomic E-state index is 13.4. The lowest BCUT2D eigenvalue weighted by Gasteiger charge is -2.23. The first-order valence-electron chi connectivity index (χ1n) is 11.1. The number of hydrogen-bond donors (Lipinski definition) is 3. The van der Waals surface area contributed by atoms with Gasteiger partial charge in [-0.15, -0.1) is 0 Å². The third-order valence-corrected chi connectivity index (χ3v) is 5.54. The van der Waals surface area contributed by atoms with E-state index < -0.39 is 5.91 Å². The Morgan fingerprint density at radius 2 is 1.64 bits per heavy atom. The van der Waals surface area contributed by atoms with Gasteiger partial charge in [0.05, 0.1) is 18.3 Å². The van der Waals surface area contributed by atoms with E-state index in [2.05, 4.69) is 26.1 Å².